The Morgan fingerprint density at radius 2 is 1.96 bits per heavy atom. The molecule has 126 valence electrons. The number of esters is 1. The average Bonchev–Trinajstić information content (AvgIpc) is 3.38. The molecular formula is C18H25NO4. The number of ether oxygens (including phenoxy) is 2. The molecule has 1 aliphatic heterocycles. The van der Waals surface area contributed by atoms with Gasteiger partial charge < -0.3 is 14.6 Å². The SMILES string of the molecule is COc1ccc(C2CC2)cc1C(OC(C)=O)N1CCC(O)CC1. The van der Waals surface area contributed by atoms with Gasteiger partial charge in [0, 0.05) is 20.0 Å². The first-order valence-corrected chi connectivity index (χ1v) is 8.35. The number of hydrogen-bond donors (Lipinski definition) is 1. The van der Waals surface area contributed by atoms with Crippen LogP contribution >= 0.6 is 0 Å². The number of aliphatic hydroxyl groups excluding tert-OH is 1. The van der Waals surface area contributed by atoms with Crippen LogP contribution in [0.25, 0.3) is 0 Å². The van der Waals surface area contributed by atoms with Gasteiger partial charge in [0.15, 0.2) is 6.23 Å². The third-order valence-electron chi connectivity index (χ3n) is 4.68. The molecule has 1 atom stereocenters. The minimum absolute atomic E-state index is 0.260. The Bertz CT molecular complexity index is 562. The topological polar surface area (TPSA) is 59.0 Å². The van der Waals surface area contributed by atoms with Crippen molar-refractivity contribution in [3.05, 3.63) is 29.3 Å². The van der Waals surface area contributed by atoms with Crippen molar-refractivity contribution in [2.45, 2.75) is 50.9 Å². The van der Waals surface area contributed by atoms with Gasteiger partial charge in [-0.05, 0) is 49.3 Å². The zero-order valence-electron chi connectivity index (χ0n) is 13.8. The van der Waals surface area contributed by atoms with Gasteiger partial charge in [-0.3, -0.25) is 9.69 Å². The smallest absolute Gasteiger partial charge is 0.304 e. The van der Waals surface area contributed by atoms with Crippen molar-refractivity contribution in [2.24, 2.45) is 0 Å². The van der Waals surface area contributed by atoms with Crippen molar-refractivity contribution < 1.29 is 19.4 Å². The van der Waals surface area contributed by atoms with Crippen LogP contribution in [0.15, 0.2) is 18.2 Å². The molecule has 1 aromatic carbocycles. The van der Waals surface area contributed by atoms with Gasteiger partial charge in [-0.2, -0.15) is 0 Å². The summed E-state index contributed by atoms with van der Waals surface area (Å²) < 4.78 is 11.1. The Morgan fingerprint density at radius 1 is 1.26 bits per heavy atom. The van der Waals surface area contributed by atoms with Crippen LogP contribution in [-0.4, -0.2) is 42.3 Å². The second-order valence-corrected chi connectivity index (χ2v) is 6.50. The van der Waals surface area contributed by atoms with E-state index < -0.39 is 6.23 Å². The first kappa shape index (κ1) is 16.3. The number of likely N-dealkylation sites (tertiary alicyclic amines) is 1. The van der Waals surface area contributed by atoms with Crippen LogP contribution in [0.3, 0.4) is 0 Å². The maximum atomic E-state index is 11.6. The molecule has 1 saturated heterocycles. The van der Waals surface area contributed by atoms with E-state index in [1.165, 1.54) is 25.3 Å². The molecule has 0 aromatic heterocycles. The van der Waals surface area contributed by atoms with Crippen molar-refractivity contribution in [3.63, 3.8) is 0 Å². The van der Waals surface area contributed by atoms with Crippen molar-refractivity contribution in [2.75, 3.05) is 20.2 Å². The van der Waals surface area contributed by atoms with E-state index in [4.69, 9.17) is 9.47 Å². The summed E-state index contributed by atoms with van der Waals surface area (Å²) in [6.07, 6.45) is 3.13. The van der Waals surface area contributed by atoms with E-state index in [0.717, 1.165) is 11.3 Å². The Balaban J connectivity index is 1.91. The normalized spacial score (nSPS) is 21.0. The summed E-state index contributed by atoms with van der Waals surface area (Å²) in [7, 11) is 1.64. The fourth-order valence-electron chi connectivity index (χ4n) is 3.23. The van der Waals surface area contributed by atoms with Gasteiger partial charge in [0.1, 0.15) is 5.75 Å². The number of carbonyl (C=O) groups is 1. The summed E-state index contributed by atoms with van der Waals surface area (Å²) in [5.41, 5.74) is 2.19. The van der Waals surface area contributed by atoms with Crippen LogP contribution in [0.4, 0.5) is 0 Å². The molecule has 23 heavy (non-hydrogen) atoms. The van der Waals surface area contributed by atoms with E-state index in [2.05, 4.69) is 17.0 Å². The molecule has 1 aromatic rings. The highest BCUT2D eigenvalue weighted by Gasteiger charge is 2.31. The van der Waals surface area contributed by atoms with Crippen LogP contribution in [0.5, 0.6) is 5.75 Å². The Labute approximate surface area is 137 Å². The predicted molar refractivity (Wildman–Crippen MR) is 86.3 cm³/mol. The van der Waals surface area contributed by atoms with Gasteiger partial charge in [0.2, 0.25) is 0 Å². The van der Waals surface area contributed by atoms with Gasteiger partial charge in [-0.15, -0.1) is 0 Å². The van der Waals surface area contributed by atoms with E-state index in [9.17, 15) is 9.90 Å². The minimum atomic E-state index is -0.450. The Kier molecular flexibility index (Phi) is 4.87. The molecule has 1 aliphatic carbocycles. The summed E-state index contributed by atoms with van der Waals surface area (Å²) >= 11 is 0. The molecule has 5 heteroatoms. The summed E-state index contributed by atoms with van der Waals surface area (Å²) in [6, 6.07) is 6.19. The number of nitrogens with zero attached hydrogens (tertiary/aromatic N) is 1. The molecular weight excluding hydrogens is 294 g/mol. The third-order valence-corrected chi connectivity index (χ3v) is 4.68. The number of hydrogen-bond acceptors (Lipinski definition) is 5. The molecule has 0 spiro atoms. The van der Waals surface area contributed by atoms with Crippen LogP contribution in [-0.2, 0) is 9.53 Å². The first-order valence-electron chi connectivity index (χ1n) is 8.35. The highest BCUT2D eigenvalue weighted by Crippen LogP contribution is 2.43. The highest BCUT2D eigenvalue weighted by molar-refractivity contribution is 5.66. The van der Waals surface area contributed by atoms with Crippen LogP contribution in [0, 0.1) is 0 Å². The van der Waals surface area contributed by atoms with E-state index in [1.807, 2.05) is 6.07 Å². The lowest BCUT2D eigenvalue weighted by Gasteiger charge is -2.36. The average molecular weight is 319 g/mol. The molecule has 1 heterocycles. The van der Waals surface area contributed by atoms with Gasteiger partial charge >= 0.3 is 5.97 Å². The molecule has 2 aliphatic rings. The fourth-order valence-corrected chi connectivity index (χ4v) is 3.23. The fraction of sp³-hybridized carbons (Fsp3) is 0.611. The zero-order chi connectivity index (χ0) is 16.4. The molecule has 0 amide bonds. The Hall–Kier alpha value is -1.59. The van der Waals surface area contributed by atoms with E-state index in [1.54, 1.807) is 7.11 Å². The maximum Gasteiger partial charge on any atom is 0.304 e. The number of aliphatic hydroxyl groups is 1. The van der Waals surface area contributed by atoms with E-state index in [-0.39, 0.29) is 12.1 Å². The van der Waals surface area contributed by atoms with Crippen LogP contribution in [0.2, 0.25) is 0 Å². The van der Waals surface area contributed by atoms with Gasteiger partial charge in [0.25, 0.3) is 0 Å². The van der Waals surface area contributed by atoms with Gasteiger partial charge in [0.05, 0.1) is 18.8 Å². The molecule has 1 N–H and O–H groups in total. The summed E-state index contributed by atoms with van der Waals surface area (Å²) in [4.78, 5) is 13.7. The molecule has 0 bridgehead atoms. The number of piperidine rings is 1. The lowest BCUT2D eigenvalue weighted by atomic mass is 10.0. The van der Waals surface area contributed by atoms with Gasteiger partial charge in [-0.1, -0.05) is 6.07 Å². The van der Waals surface area contributed by atoms with Crippen molar-refractivity contribution in [1.29, 1.82) is 0 Å². The molecule has 1 saturated carbocycles. The van der Waals surface area contributed by atoms with Crippen molar-refractivity contribution in [3.8, 4) is 5.75 Å². The highest BCUT2D eigenvalue weighted by atomic mass is 16.6. The van der Waals surface area contributed by atoms with Crippen molar-refractivity contribution >= 4 is 5.97 Å². The number of methoxy groups -OCH3 is 1. The van der Waals surface area contributed by atoms with E-state index in [0.29, 0.717) is 31.8 Å². The second kappa shape index (κ2) is 6.89. The number of carbonyl (C=O) groups excluding carboxylic acids is 1. The number of rotatable bonds is 5. The molecule has 1 unspecified atom stereocenters. The largest absolute Gasteiger partial charge is 0.496 e. The minimum Gasteiger partial charge on any atom is -0.496 e. The maximum absolute atomic E-state index is 11.6. The first-order chi connectivity index (χ1) is 11.1. The summed E-state index contributed by atoms with van der Waals surface area (Å²) in [6.45, 7) is 2.84. The van der Waals surface area contributed by atoms with Crippen LogP contribution in [0.1, 0.15) is 55.9 Å². The quantitative estimate of drug-likeness (QED) is 0.845. The summed E-state index contributed by atoms with van der Waals surface area (Å²) in [5.74, 6) is 1.06. The molecule has 5 nitrogen and oxygen atoms in total. The Morgan fingerprint density at radius 3 is 2.52 bits per heavy atom. The van der Waals surface area contributed by atoms with Crippen LogP contribution < -0.4 is 4.74 Å². The zero-order valence-corrected chi connectivity index (χ0v) is 13.8. The summed E-state index contributed by atoms with van der Waals surface area (Å²) in [5, 5.41) is 9.73. The third kappa shape index (κ3) is 3.85. The molecule has 2 fully saturated rings. The molecule has 3 rings (SSSR count). The standard InChI is InChI=1S/C18H25NO4/c1-12(20)23-18(19-9-7-15(21)8-10-19)16-11-14(13-3-4-13)5-6-17(16)22-2/h5-6,11,13,15,18,21H,3-4,7-10H2,1-2H3. The number of benzene rings is 1. The monoisotopic (exact) mass is 319 g/mol. The second-order valence-electron chi connectivity index (χ2n) is 6.50. The lowest BCUT2D eigenvalue weighted by Crippen LogP contribution is -2.40. The predicted octanol–water partition coefficient (Wildman–Crippen LogP) is 2.59. The van der Waals surface area contributed by atoms with Gasteiger partial charge in [-0.25, -0.2) is 0 Å². The lowest BCUT2D eigenvalue weighted by molar-refractivity contribution is -0.159. The van der Waals surface area contributed by atoms with E-state index >= 15 is 0 Å². The van der Waals surface area contributed by atoms with Crippen molar-refractivity contribution in [1.82, 2.24) is 4.90 Å². The molecule has 0 radical (unpaired) electrons.